The number of anilines is 2. The molecule has 2 rings (SSSR count). The van der Waals surface area contributed by atoms with Gasteiger partial charge in [-0.05, 0) is 12.1 Å². The topological polar surface area (TPSA) is 69.7 Å². The Balaban J connectivity index is 2.00. The fourth-order valence-corrected chi connectivity index (χ4v) is 3.65. The van der Waals surface area contributed by atoms with Crippen LogP contribution in [0, 0.1) is 5.82 Å². The first-order valence-corrected chi connectivity index (χ1v) is 8.31. The molecule has 1 N–H and O–H groups in total. The summed E-state index contributed by atoms with van der Waals surface area (Å²) in [6.07, 6.45) is -6.42. The number of alkyl halides is 3. The molecule has 0 bridgehead atoms. The second-order valence-electron chi connectivity index (χ2n) is 5.15. The van der Waals surface area contributed by atoms with Gasteiger partial charge < -0.3 is 5.32 Å². The van der Waals surface area contributed by atoms with E-state index in [0.29, 0.717) is 0 Å². The third kappa shape index (κ3) is 3.89. The van der Waals surface area contributed by atoms with Crippen LogP contribution < -0.4 is 13.9 Å². The van der Waals surface area contributed by atoms with E-state index in [1.54, 1.807) is 0 Å². The fourth-order valence-electron chi connectivity index (χ4n) is 2.24. The van der Waals surface area contributed by atoms with Crippen LogP contribution in [0.3, 0.4) is 0 Å². The summed E-state index contributed by atoms with van der Waals surface area (Å²) in [5, 5.41) is 2.22. The number of nitrogens with zero attached hydrogens (tertiary/aromatic N) is 2. The first kappa shape index (κ1) is 18.3. The minimum atomic E-state index is -4.44. The molecule has 0 fully saturated rings. The molecule has 1 aromatic rings. The summed E-state index contributed by atoms with van der Waals surface area (Å²) in [7, 11) is -2.61. The van der Waals surface area contributed by atoms with Crippen molar-refractivity contribution in [1.82, 2.24) is 5.32 Å². The van der Waals surface area contributed by atoms with Crippen molar-refractivity contribution in [1.29, 1.82) is 0 Å². The zero-order chi connectivity index (χ0) is 18.1. The van der Waals surface area contributed by atoms with Crippen molar-refractivity contribution in [2.45, 2.75) is 19.0 Å². The quantitative estimate of drug-likeness (QED) is 0.805. The van der Waals surface area contributed by atoms with Crippen LogP contribution >= 0.6 is 0 Å². The van der Waals surface area contributed by atoms with Gasteiger partial charge in [-0.3, -0.25) is 9.10 Å². The normalized spacial score (nSPS) is 16.2. The lowest BCUT2D eigenvalue weighted by atomic mass is 10.2. The van der Waals surface area contributed by atoms with Gasteiger partial charge >= 0.3 is 16.4 Å². The van der Waals surface area contributed by atoms with Crippen LogP contribution in [0.15, 0.2) is 18.2 Å². The Hall–Kier alpha value is -2.04. The highest BCUT2D eigenvalue weighted by molar-refractivity contribution is 7.94. The summed E-state index contributed by atoms with van der Waals surface area (Å²) in [6, 6.07) is 3.47. The van der Waals surface area contributed by atoms with Crippen LogP contribution in [-0.4, -0.2) is 40.6 Å². The van der Waals surface area contributed by atoms with Crippen LogP contribution in [0.1, 0.15) is 12.8 Å². The van der Waals surface area contributed by atoms with E-state index in [0.717, 1.165) is 20.7 Å². The Bertz CT molecular complexity index is 736. The first-order valence-electron chi connectivity index (χ1n) is 6.92. The Labute approximate surface area is 136 Å². The van der Waals surface area contributed by atoms with Crippen molar-refractivity contribution in [2.75, 3.05) is 28.7 Å². The molecule has 1 aliphatic heterocycles. The number of fused-ring (bicyclic) bond motifs is 1. The number of benzene rings is 1. The zero-order valence-corrected chi connectivity index (χ0v) is 13.4. The standard InChI is InChI=1S/C13H15F4N3O3S/c1-19-10-3-2-9(14)8-11(10)20(24(19,22)23)7-6-18-12(21)4-5-13(15,16)17/h2-3,8H,4-7H2,1H3,(H,18,21). The van der Waals surface area contributed by atoms with Gasteiger partial charge in [0.25, 0.3) is 0 Å². The number of hydrogen-bond acceptors (Lipinski definition) is 3. The van der Waals surface area contributed by atoms with Crippen molar-refractivity contribution < 1.29 is 30.8 Å². The molecular weight excluding hydrogens is 354 g/mol. The highest BCUT2D eigenvalue weighted by Gasteiger charge is 2.38. The van der Waals surface area contributed by atoms with E-state index in [-0.39, 0.29) is 24.5 Å². The smallest absolute Gasteiger partial charge is 0.354 e. The largest absolute Gasteiger partial charge is 0.389 e. The molecule has 0 saturated carbocycles. The molecule has 0 saturated heterocycles. The first-order chi connectivity index (χ1) is 11.0. The van der Waals surface area contributed by atoms with Gasteiger partial charge in [-0.25, -0.2) is 8.70 Å². The molecule has 0 spiro atoms. The Morgan fingerprint density at radius 1 is 1.25 bits per heavy atom. The highest BCUT2D eigenvalue weighted by atomic mass is 32.2. The molecule has 0 unspecified atom stereocenters. The lowest BCUT2D eigenvalue weighted by molar-refractivity contribution is -0.144. The summed E-state index contributed by atoms with van der Waals surface area (Å²) in [6.45, 7) is -0.416. The number of rotatable bonds is 5. The maximum atomic E-state index is 13.4. The minimum Gasteiger partial charge on any atom is -0.354 e. The number of carbonyl (C=O) groups is 1. The monoisotopic (exact) mass is 369 g/mol. The molecule has 0 aromatic heterocycles. The second kappa shape index (κ2) is 6.46. The van der Waals surface area contributed by atoms with Gasteiger partial charge in [0.05, 0.1) is 24.3 Å². The van der Waals surface area contributed by atoms with E-state index in [1.165, 1.54) is 13.1 Å². The van der Waals surface area contributed by atoms with Crippen LogP contribution in [0.2, 0.25) is 0 Å². The van der Waals surface area contributed by atoms with Crippen LogP contribution in [0.25, 0.3) is 0 Å². The third-order valence-electron chi connectivity index (χ3n) is 3.44. The van der Waals surface area contributed by atoms with E-state index in [1.807, 2.05) is 0 Å². The van der Waals surface area contributed by atoms with Gasteiger partial charge in [0.2, 0.25) is 5.91 Å². The molecule has 1 aliphatic rings. The van der Waals surface area contributed by atoms with Crippen LogP contribution in [-0.2, 0) is 15.0 Å². The predicted molar refractivity (Wildman–Crippen MR) is 79.4 cm³/mol. The van der Waals surface area contributed by atoms with E-state index in [9.17, 15) is 30.8 Å². The maximum absolute atomic E-state index is 13.4. The third-order valence-corrected chi connectivity index (χ3v) is 5.27. The molecule has 1 heterocycles. The molecule has 0 aliphatic carbocycles. The highest BCUT2D eigenvalue weighted by Crippen LogP contribution is 2.39. The van der Waals surface area contributed by atoms with Crippen molar-refractivity contribution >= 4 is 27.5 Å². The number of carbonyl (C=O) groups excluding carboxylic acids is 1. The zero-order valence-electron chi connectivity index (χ0n) is 12.6. The van der Waals surface area contributed by atoms with Crippen molar-refractivity contribution in [3.63, 3.8) is 0 Å². The molecule has 1 amide bonds. The SMILES string of the molecule is CN1c2ccc(F)cc2N(CCNC(=O)CCC(F)(F)F)S1(=O)=O. The van der Waals surface area contributed by atoms with E-state index in [2.05, 4.69) is 5.32 Å². The lowest BCUT2D eigenvalue weighted by Gasteiger charge is -2.19. The van der Waals surface area contributed by atoms with E-state index in [4.69, 9.17) is 0 Å². The van der Waals surface area contributed by atoms with Gasteiger partial charge in [0.15, 0.2) is 0 Å². The molecule has 134 valence electrons. The molecule has 0 atom stereocenters. The molecule has 1 aromatic carbocycles. The molecule has 24 heavy (non-hydrogen) atoms. The Morgan fingerprint density at radius 3 is 2.54 bits per heavy atom. The molecule has 0 radical (unpaired) electrons. The van der Waals surface area contributed by atoms with Gasteiger partial charge in [-0.15, -0.1) is 0 Å². The average Bonchev–Trinajstić information content (AvgIpc) is 2.65. The summed E-state index contributed by atoms with van der Waals surface area (Å²) < 4.78 is 75.8. The van der Waals surface area contributed by atoms with Gasteiger partial charge in [-0.1, -0.05) is 0 Å². The molecular formula is C13H15F4N3O3S. The number of halogens is 4. The predicted octanol–water partition coefficient (Wildman–Crippen LogP) is 1.79. The van der Waals surface area contributed by atoms with Gasteiger partial charge in [0.1, 0.15) is 5.82 Å². The fraction of sp³-hybridized carbons (Fsp3) is 0.462. The summed E-state index contributed by atoms with van der Waals surface area (Å²) in [5.74, 6) is -1.46. The van der Waals surface area contributed by atoms with Crippen molar-refractivity contribution in [2.24, 2.45) is 0 Å². The number of amides is 1. The average molecular weight is 369 g/mol. The minimum absolute atomic E-state index is 0.113. The van der Waals surface area contributed by atoms with E-state index >= 15 is 0 Å². The summed E-state index contributed by atoms with van der Waals surface area (Å²) in [5.41, 5.74) is 0.391. The Kier molecular flexibility index (Phi) is 4.92. The molecule has 11 heteroatoms. The Morgan fingerprint density at radius 2 is 1.92 bits per heavy atom. The van der Waals surface area contributed by atoms with Crippen LogP contribution in [0.4, 0.5) is 28.9 Å². The van der Waals surface area contributed by atoms with E-state index < -0.39 is 41.0 Å². The molecule has 6 nitrogen and oxygen atoms in total. The number of hydrogen-bond donors (Lipinski definition) is 1. The summed E-state index contributed by atoms with van der Waals surface area (Å²) in [4.78, 5) is 11.3. The maximum Gasteiger partial charge on any atom is 0.389 e. The van der Waals surface area contributed by atoms with Crippen LogP contribution in [0.5, 0.6) is 0 Å². The second-order valence-corrected chi connectivity index (χ2v) is 7.03. The van der Waals surface area contributed by atoms with Gasteiger partial charge in [-0.2, -0.15) is 21.6 Å². The van der Waals surface area contributed by atoms with Crippen molar-refractivity contribution in [3.8, 4) is 0 Å². The lowest BCUT2D eigenvalue weighted by Crippen LogP contribution is -2.40. The number of nitrogens with one attached hydrogen (secondary N) is 1. The summed E-state index contributed by atoms with van der Waals surface area (Å²) >= 11 is 0. The van der Waals surface area contributed by atoms with Crippen molar-refractivity contribution in [3.05, 3.63) is 24.0 Å². The van der Waals surface area contributed by atoms with Gasteiger partial charge in [0, 0.05) is 26.1 Å².